The van der Waals surface area contributed by atoms with E-state index >= 15 is 0 Å². The minimum absolute atomic E-state index is 0.0611. The molecule has 2 N–H and O–H groups in total. The van der Waals surface area contributed by atoms with Gasteiger partial charge >= 0.3 is 11.9 Å². The maximum Gasteiger partial charge on any atom is 0.356 e. The van der Waals surface area contributed by atoms with Gasteiger partial charge in [0.05, 0.1) is 11.9 Å². The van der Waals surface area contributed by atoms with Crippen LogP contribution in [0.2, 0.25) is 0 Å². The van der Waals surface area contributed by atoms with Gasteiger partial charge < -0.3 is 14.6 Å². The van der Waals surface area contributed by atoms with Gasteiger partial charge in [-0.1, -0.05) is 19.9 Å². The zero-order chi connectivity index (χ0) is 14.2. The molecule has 0 spiro atoms. The van der Waals surface area contributed by atoms with Crippen molar-refractivity contribution in [2.75, 3.05) is 0 Å². The number of pyridine rings is 1. The first-order valence-electron chi connectivity index (χ1n) is 5.75. The van der Waals surface area contributed by atoms with Crippen LogP contribution in [0.1, 0.15) is 36.6 Å². The van der Waals surface area contributed by atoms with E-state index in [9.17, 15) is 9.59 Å². The fraction of sp³-hybridized carbons (Fsp3) is 0.308. The van der Waals surface area contributed by atoms with Gasteiger partial charge in [0.25, 0.3) is 0 Å². The molecule has 0 radical (unpaired) electrons. The second-order valence-electron chi connectivity index (χ2n) is 5.00. The highest BCUT2D eigenvalue weighted by Crippen LogP contribution is 2.28. The predicted octanol–water partition coefficient (Wildman–Crippen LogP) is 1.78. The Morgan fingerprint density at radius 3 is 2.58 bits per heavy atom. The van der Waals surface area contributed by atoms with Crippen molar-refractivity contribution in [2.45, 2.75) is 25.7 Å². The van der Waals surface area contributed by atoms with Crippen molar-refractivity contribution >= 4 is 17.5 Å². The summed E-state index contributed by atoms with van der Waals surface area (Å²) < 4.78 is 1.63. The third-order valence-corrected chi connectivity index (χ3v) is 2.95. The molecule has 0 bridgehead atoms. The molecule has 0 saturated carbocycles. The Bertz CT molecular complexity index is 658. The fourth-order valence-electron chi connectivity index (χ4n) is 2.13. The predicted molar refractivity (Wildman–Crippen MR) is 67.4 cm³/mol. The normalized spacial score (nSPS) is 11.7. The second kappa shape index (κ2) is 4.38. The molecule has 6 nitrogen and oxygen atoms in total. The number of rotatable bonds is 4. The summed E-state index contributed by atoms with van der Waals surface area (Å²) in [6, 6.07) is 5.12. The van der Waals surface area contributed by atoms with Crippen LogP contribution in [-0.4, -0.2) is 31.5 Å². The summed E-state index contributed by atoms with van der Waals surface area (Å²) in [7, 11) is 0. The second-order valence-corrected chi connectivity index (χ2v) is 5.00. The molecule has 0 fully saturated rings. The van der Waals surface area contributed by atoms with Crippen molar-refractivity contribution in [1.82, 2.24) is 9.38 Å². The third kappa shape index (κ3) is 2.29. The lowest BCUT2D eigenvalue weighted by Gasteiger charge is -2.20. The summed E-state index contributed by atoms with van der Waals surface area (Å²) in [5, 5.41) is 18.1. The molecule has 2 aromatic heterocycles. The summed E-state index contributed by atoms with van der Waals surface area (Å²) in [4.78, 5) is 26.2. The summed E-state index contributed by atoms with van der Waals surface area (Å²) in [6.45, 7) is 3.46. The third-order valence-electron chi connectivity index (χ3n) is 2.95. The zero-order valence-corrected chi connectivity index (χ0v) is 10.6. The Morgan fingerprint density at radius 1 is 1.32 bits per heavy atom. The van der Waals surface area contributed by atoms with Crippen LogP contribution in [0.3, 0.4) is 0 Å². The molecular weight excluding hydrogens is 248 g/mol. The maximum atomic E-state index is 11.2. The van der Waals surface area contributed by atoms with E-state index in [0.29, 0.717) is 11.3 Å². The number of carboxylic acids is 2. The minimum atomic E-state index is -1.12. The molecule has 19 heavy (non-hydrogen) atoms. The maximum absolute atomic E-state index is 11.2. The molecule has 100 valence electrons. The first-order valence-corrected chi connectivity index (χ1v) is 5.75. The molecule has 0 aliphatic carbocycles. The van der Waals surface area contributed by atoms with Crippen LogP contribution in [-0.2, 0) is 10.2 Å². The monoisotopic (exact) mass is 262 g/mol. The van der Waals surface area contributed by atoms with Gasteiger partial charge in [-0.25, -0.2) is 9.78 Å². The number of aromatic nitrogens is 2. The molecule has 2 aromatic rings. The van der Waals surface area contributed by atoms with Crippen LogP contribution in [0.15, 0.2) is 24.4 Å². The van der Waals surface area contributed by atoms with Crippen molar-refractivity contribution in [3.63, 3.8) is 0 Å². The molecule has 0 aromatic carbocycles. The van der Waals surface area contributed by atoms with Crippen LogP contribution < -0.4 is 0 Å². The van der Waals surface area contributed by atoms with Gasteiger partial charge in [-0.2, -0.15) is 0 Å². The molecule has 0 aliphatic heterocycles. The van der Waals surface area contributed by atoms with Crippen molar-refractivity contribution in [2.24, 2.45) is 0 Å². The number of carbonyl (C=O) groups is 2. The first-order chi connectivity index (χ1) is 8.83. The first kappa shape index (κ1) is 13.1. The van der Waals surface area contributed by atoms with Gasteiger partial charge in [0.15, 0.2) is 5.69 Å². The van der Waals surface area contributed by atoms with Crippen molar-refractivity contribution < 1.29 is 19.8 Å². The van der Waals surface area contributed by atoms with Gasteiger partial charge in [-0.05, 0) is 12.1 Å². The number of hydrogen-bond donors (Lipinski definition) is 2. The molecule has 6 heteroatoms. The zero-order valence-electron chi connectivity index (χ0n) is 10.6. The van der Waals surface area contributed by atoms with Crippen molar-refractivity contribution in [3.8, 4) is 0 Å². The number of carboxylic acid groups (broad SMARTS) is 2. The molecule has 0 aliphatic rings. The summed E-state index contributed by atoms with van der Waals surface area (Å²) in [5.74, 6) is -1.64. The smallest absolute Gasteiger partial charge is 0.356 e. The van der Waals surface area contributed by atoms with E-state index in [1.165, 1.54) is 0 Å². The highest BCUT2D eigenvalue weighted by atomic mass is 16.4. The van der Waals surface area contributed by atoms with Crippen LogP contribution >= 0.6 is 0 Å². The number of hydrogen-bond acceptors (Lipinski definition) is 3. The van der Waals surface area contributed by atoms with Gasteiger partial charge in [-0.3, -0.25) is 4.79 Å². The van der Waals surface area contributed by atoms with Crippen LogP contribution in [0, 0.1) is 0 Å². The Kier molecular flexibility index (Phi) is 3.01. The standard InChI is InChI=1S/C13H14N2O4/c1-13(2,7-9(16)17)12-14-10(11(18)19)8-5-3-4-6-15(8)12/h3-6H,7H2,1-2H3,(H,16,17)(H,18,19). The molecule has 0 unspecified atom stereocenters. The number of imidazole rings is 1. The average Bonchev–Trinajstić information content (AvgIpc) is 2.67. The molecule has 2 heterocycles. The van der Waals surface area contributed by atoms with Crippen LogP contribution in [0.25, 0.3) is 5.52 Å². The van der Waals surface area contributed by atoms with E-state index in [4.69, 9.17) is 10.2 Å². The van der Waals surface area contributed by atoms with E-state index in [1.807, 2.05) is 0 Å². The lowest BCUT2D eigenvalue weighted by atomic mass is 9.88. The van der Waals surface area contributed by atoms with Gasteiger partial charge in [0.2, 0.25) is 0 Å². The van der Waals surface area contributed by atoms with Gasteiger partial charge in [0, 0.05) is 11.6 Å². The summed E-state index contributed by atoms with van der Waals surface area (Å²) >= 11 is 0. The van der Waals surface area contributed by atoms with E-state index in [2.05, 4.69) is 4.98 Å². The Hall–Kier alpha value is -2.37. The summed E-state index contributed by atoms with van der Waals surface area (Å²) in [5.41, 5.74) is -0.360. The molecule has 2 rings (SSSR count). The lowest BCUT2D eigenvalue weighted by Crippen LogP contribution is -2.24. The lowest BCUT2D eigenvalue weighted by molar-refractivity contribution is -0.138. The number of nitrogens with zero attached hydrogens (tertiary/aromatic N) is 2. The molecular formula is C13H14N2O4. The average molecular weight is 262 g/mol. The van der Waals surface area contributed by atoms with E-state index in [1.54, 1.807) is 42.6 Å². The summed E-state index contributed by atoms with van der Waals surface area (Å²) in [6.07, 6.45) is 1.56. The quantitative estimate of drug-likeness (QED) is 0.876. The number of aromatic carboxylic acids is 1. The number of aliphatic carboxylic acids is 1. The van der Waals surface area contributed by atoms with Crippen LogP contribution in [0.5, 0.6) is 0 Å². The van der Waals surface area contributed by atoms with Gasteiger partial charge in [-0.15, -0.1) is 0 Å². The van der Waals surface area contributed by atoms with Crippen molar-refractivity contribution in [1.29, 1.82) is 0 Å². The van der Waals surface area contributed by atoms with E-state index in [0.717, 1.165) is 0 Å². The SMILES string of the molecule is CC(C)(CC(=O)O)c1nc(C(=O)O)c2ccccn12. The highest BCUT2D eigenvalue weighted by molar-refractivity contribution is 5.93. The van der Waals surface area contributed by atoms with Crippen LogP contribution in [0.4, 0.5) is 0 Å². The molecule has 0 atom stereocenters. The Balaban J connectivity index is 2.67. The Labute approximate surface area is 109 Å². The fourth-order valence-corrected chi connectivity index (χ4v) is 2.13. The topological polar surface area (TPSA) is 91.9 Å². The molecule has 0 saturated heterocycles. The van der Waals surface area contributed by atoms with Gasteiger partial charge in [0.1, 0.15) is 5.82 Å². The minimum Gasteiger partial charge on any atom is -0.481 e. The Morgan fingerprint density at radius 2 is 2.00 bits per heavy atom. The molecule has 0 amide bonds. The largest absolute Gasteiger partial charge is 0.481 e. The highest BCUT2D eigenvalue weighted by Gasteiger charge is 2.31. The number of fused-ring (bicyclic) bond motifs is 1. The van der Waals surface area contributed by atoms with E-state index < -0.39 is 17.4 Å². The van der Waals surface area contributed by atoms with E-state index in [-0.39, 0.29) is 12.1 Å². The van der Waals surface area contributed by atoms with Crippen molar-refractivity contribution in [3.05, 3.63) is 35.9 Å².